The van der Waals surface area contributed by atoms with Crippen LogP contribution in [-0.2, 0) is 16.1 Å². The molecule has 2 aliphatic heterocycles. The summed E-state index contributed by atoms with van der Waals surface area (Å²) in [4.78, 5) is 17.5. The van der Waals surface area contributed by atoms with Crippen LogP contribution in [0.25, 0.3) is 0 Å². The van der Waals surface area contributed by atoms with Crippen molar-refractivity contribution < 1.29 is 14.3 Å². The first-order valence-corrected chi connectivity index (χ1v) is 10.6. The molecule has 2 aliphatic rings. The van der Waals surface area contributed by atoms with Gasteiger partial charge in [-0.1, -0.05) is 12.1 Å². The maximum absolute atomic E-state index is 12.4. The molecule has 2 heterocycles. The first-order valence-electron chi connectivity index (χ1n) is 10.6. The molecule has 2 saturated heterocycles. The van der Waals surface area contributed by atoms with E-state index in [2.05, 4.69) is 27.2 Å². The molecule has 6 heteroatoms. The topological polar surface area (TPSA) is 54.0 Å². The second-order valence-electron chi connectivity index (χ2n) is 7.97. The standard InChI is InChI=1S/C22H35N3O3/c1-27-15-11-23-22(26)19-4-3-12-25(17-19)20-9-13-24(14-10-20)16-18-5-7-21(28-2)8-6-18/h5-8,19-20H,3-4,9-17H2,1-2H3,(H,23,26)/t19-/m1/s1. The molecule has 2 fully saturated rings. The smallest absolute Gasteiger partial charge is 0.224 e. The molecule has 0 radical (unpaired) electrons. The molecule has 0 bridgehead atoms. The van der Waals surface area contributed by atoms with Gasteiger partial charge in [0, 0.05) is 32.8 Å². The number of rotatable bonds is 8. The molecule has 1 amide bonds. The summed E-state index contributed by atoms with van der Waals surface area (Å²) in [6.07, 6.45) is 4.50. The highest BCUT2D eigenvalue weighted by molar-refractivity contribution is 5.78. The Hall–Kier alpha value is -1.63. The van der Waals surface area contributed by atoms with Gasteiger partial charge >= 0.3 is 0 Å². The summed E-state index contributed by atoms with van der Waals surface area (Å²) in [5.41, 5.74) is 1.34. The first kappa shape index (κ1) is 21.1. The van der Waals surface area contributed by atoms with E-state index >= 15 is 0 Å². The molecule has 156 valence electrons. The number of nitrogens with one attached hydrogen (secondary N) is 1. The van der Waals surface area contributed by atoms with Gasteiger partial charge in [-0.25, -0.2) is 0 Å². The van der Waals surface area contributed by atoms with Crippen LogP contribution < -0.4 is 10.1 Å². The number of likely N-dealkylation sites (tertiary alicyclic amines) is 2. The molecule has 1 aromatic rings. The predicted molar refractivity (Wildman–Crippen MR) is 110 cm³/mol. The SMILES string of the molecule is COCCNC(=O)[C@@H]1CCCN(C2CCN(Cc3ccc(OC)cc3)CC2)C1. The molecule has 0 aliphatic carbocycles. The number of methoxy groups -OCH3 is 2. The van der Waals surface area contributed by atoms with E-state index in [9.17, 15) is 4.79 Å². The van der Waals surface area contributed by atoms with Crippen LogP contribution in [0.15, 0.2) is 24.3 Å². The molecule has 0 aromatic heterocycles. The van der Waals surface area contributed by atoms with Gasteiger partial charge in [-0.3, -0.25) is 14.6 Å². The molecule has 1 N–H and O–H groups in total. The zero-order valence-corrected chi connectivity index (χ0v) is 17.4. The van der Waals surface area contributed by atoms with Crippen LogP contribution in [0.2, 0.25) is 0 Å². The molecular formula is C22H35N3O3. The molecule has 0 spiro atoms. The van der Waals surface area contributed by atoms with Gasteiger partial charge in [0.1, 0.15) is 5.75 Å². The van der Waals surface area contributed by atoms with E-state index in [1.165, 1.54) is 18.4 Å². The maximum Gasteiger partial charge on any atom is 0.224 e. The summed E-state index contributed by atoms with van der Waals surface area (Å²) in [6.45, 7) is 6.47. The largest absolute Gasteiger partial charge is 0.497 e. The second-order valence-corrected chi connectivity index (χ2v) is 7.97. The van der Waals surface area contributed by atoms with E-state index < -0.39 is 0 Å². The third-order valence-corrected chi connectivity index (χ3v) is 6.07. The molecular weight excluding hydrogens is 354 g/mol. The number of hydrogen-bond acceptors (Lipinski definition) is 5. The predicted octanol–water partition coefficient (Wildman–Crippen LogP) is 2.13. The highest BCUT2D eigenvalue weighted by Crippen LogP contribution is 2.25. The van der Waals surface area contributed by atoms with Crippen LogP contribution in [0.1, 0.15) is 31.2 Å². The lowest BCUT2D eigenvalue weighted by Gasteiger charge is -2.42. The van der Waals surface area contributed by atoms with Gasteiger partial charge in [-0.05, 0) is 63.0 Å². The van der Waals surface area contributed by atoms with Crippen molar-refractivity contribution in [1.82, 2.24) is 15.1 Å². The van der Waals surface area contributed by atoms with E-state index in [0.717, 1.165) is 51.3 Å². The zero-order chi connectivity index (χ0) is 19.8. The van der Waals surface area contributed by atoms with Crippen molar-refractivity contribution in [2.75, 3.05) is 53.6 Å². The fraction of sp³-hybridized carbons (Fsp3) is 0.682. The maximum atomic E-state index is 12.4. The number of ether oxygens (including phenoxy) is 2. The number of carbonyl (C=O) groups is 1. The third kappa shape index (κ3) is 5.93. The minimum Gasteiger partial charge on any atom is -0.497 e. The summed E-state index contributed by atoms with van der Waals surface area (Å²) >= 11 is 0. The number of benzene rings is 1. The lowest BCUT2D eigenvalue weighted by Crippen LogP contribution is -2.50. The Morgan fingerprint density at radius 3 is 2.54 bits per heavy atom. The van der Waals surface area contributed by atoms with Gasteiger partial charge in [0.15, 0.2) is 0 Å². The monoisotopic (exact) mass is 389 g/mol. The normalized spacial score (nSPS) is 22.1. The Morgan fingerprint density at radius 2 is 1.86 bits per heavy atom. The zero-order valence-electron chi connectivity index (χ0n) is 17.4. The van der Waals surface area contributed by atoms with Crippen LogP contribution >= 0.6 is 0 Å². The highest BCUT2D eigenvalue weighted by Gasteiger charge is 2.31. The Morgan fingerprint density at radius 1 is 1.11 bits per heavy atom. The summed E-state index contributed by atoms with van der Waals surface area (Å²) in [5, 5.41) is 3.01. The number of amides is 1. The van der Waals surface area contributed by atoms with Crippen LogP contribution in [0.4, 0.5) is 0 Å². The quantitative estimate of drug-likeness (QED) is 0.691. The van der Waals surface area contributed by atoms with Crippen molar-refractivity contribution in [2.24, 2.45) is 5.92 Å². The summed E-state index contributed by atoms with van der Waals surface area (Å²) < 4.78 is 10.3. The lowest BCUT2D eigenvalue weighted by atomic mass is 9.93. The molecule has 0 saturated carbocycles. The lowest BCUT2D eigenvalue weighted by molar-refractivity contribution is -0.127. The average molecular weight is 390 g/mol. The van der Waals surface area contributed by atoms with E-state index in [1.54, 1.807) is 14.2 Å². The average Bonchev–Trinajstić information content (AvgIpc) is 2.75. The van der Waals surface area contributed by atoms with Crippen molar-refractivity contribution in [3.63, 3.8) is 0 Å². The number of piperidine rings is 2. The van der Waals surface area contributed by atoms with Crippen molar-refractivity contribution in [2.45, 2.75) is 38.3 Å². The summed E-state index contributed by atoms with van der Waals surface area (Å²) in [7, 11) is 3.36. The van der Waals surface area contributed by atoms with E-state index in [0.29, 0.717) is 19.2 Å². The molecule has 1 atom stereocenters. The molecule has 6 nitrogen and oxygen atoms in total. The Bertz CT molecular complexity index is 600. The highest BCUT2D eigenvalue weighted by atomic mass is 16.5. The fourth-order valence-electron chi connectivity index (χ4n) is 4.40. The van der Waals surface area contributed by atoms with Gasteiger partial charge in [0.2, 0.25) is 5.91 Å². The van der Waals surface area contributed by atoms with E-state index in [4.69, 9.17) is 9.47 Å². The summed E-state index contributed by atoms with van der Waals surface area (Å²) in [5.74, 6) is 1.23. The van der Waals surface area contributed by atoms with Crippen LogP contribution in [0.3, 0.4) is 0 Å². The Kier molecular flexibility index (Phi) is 8.13. The van der Waals surface area contributed by atoms with Crippen molar-refractivity contribution in [1.29, 1.82) is 0 Å². The van der Waals surface area contributed by atoms with Gasteiger partial charge in [-0.2, -0.15) is 0 Å². The van der Waals surface area contributed by atoms with Gasteiger partial charge < -0.3 is 14.8 Å². The van der Waals surface area contributed by atoms with Crippen LogP contribution in [0, 0.1) is 5.92 Å². The second kappa shape index (κ2) is 10.8. The molecule has 0 unspecified atom stereocenters. The van der Waals surface area contributed by atoms with Gasteiger partial charge in [-0.15, -0.1) is 0 Å². The van der Waals surface area contributed by atoms with Gasteiger partial charge in [0.05, 0.1) is 19.6 Å². The molecule has 3 rings (SSSR count). The number of carbonyl (C=O) groups excluding carboxylic acids is 1. The number of hydrogen-bond donors (Lipinski definition) is 1. The Balaban J connectivity index is 1.42. The van der Waals surface area contributed by atoms with E-state index in [-0.39, 0.29) is 11.8 Å². The fourth-order valence-corrected chi connectivity index (χ4v) is 4.40. The minimum absolute atomic E-state index is 0.128. The van der Waals surface area contributed by atoms with Crippen molar-refractivity contribution in [3.05, 3.63) is 29.8 Å². The first-order chi connectivity index (χ1) is 13.7. The summed E-state index contributed by atoms with van der Waals surface area (Å²) in [6, 6.07) is 8.99. The van der Waals surface area contributed by atoms with E-state index in [1.807, 2.05) is 12.1 Å². The van der Waals surface area contributed by atoms with Gasteiger partial charge in [0.25, 0.3) is 0 Å². The Labute approximate surface area is 169 Å². The third-order valence-electron chi connectivity index (χ3n) is 6.07. The van der Waals surface area contributed by atoms with Crippen LogP contribution in [0.5, 0.6) is 5.75 Å². The number of nitrogens with zero attached hydrogens (tertiary/aromatic N) is 2. The minimum atomic E-state index is 0.128. The van der Waals surface area contributed by atoms with Crippen LogP contribution in [-0.4, -0.2) is 75.3 Å². The van der Waals surface area contributed by atoms with Crippen molar-refractivity contribution in [3.8, 4) is 5.75 Å². The molecule has 28 heavy (non-hydrogen) atoms. The van der Waals surface area contributed by atoms with Crippen molar-refractivity contribution >= 4 is 5.91 Å². The molecule has 1 aromatic carbocycles.